The van der Waals surface area contributed by atoms with Crippen molar-refractivity contribution < 1.29 is 4.42 Å². The zero-order chi connectivity index (χ0) is 13.7. The molecule has 0 radical (unpaired) electrons. The molecule has 0 spiro atoms. The lowest BCUT2D eigenvalue weighted by atomic mass is 10.1. The van der Waals surface area contributed by atoms with E-state index in [9.17, 15) is 0 Å². The summed E-state index contributed by atoms with van der Waals surface area (Å²) in [6, 6.07) is 4.22. The van der Waals surface area contributed by atoms with Crippen molar-refractivity contribution in [1.82, 2.24) is 20.1 Å². The Kier molecular flexibility index (Phi) is 4.74. The van der Waals surface area contributed by atoms with Gasteiger partial charge in [0, 0.05) is 19.4 Å². The first-order valence-corrected chi connectivity index (χ1v) is 6.91. The molecule has 0 aliphatic heterocycles. The first-order chi connectivity index (χ1) is 9.28. The second-order valence-electron chi connectivity index (χ2n) is 4.60. The molecule has 0 saturated heterocycles. The molecule has 0 bridgehead atoms. The monoisotopic (exact) mass is 262 g/mol. The second kappa shape index (κ2) is 6.52. The Morgan fingerprint density at radius 1 is 1.37 bits per heavy atom. The van der Waals surface area contributed by atoms with Crippen LogP contribution in [0.1, 0.15) is 43.7 Å². The zero-order valence-electron chi connectivity index (χ0n) is 11.9. The highest BCUT2D eigenvalue weighted by Gasteiger charge is 2.17. The fourth-order valence-electron chi connectivity index (χ4n) is 2.14. The van der Waals surface area contributed by atoms with Crippen LogP contribution in [0.3, 0.4) is 0 Å². The minimum absolute atomic E-state index is 0.139. The largest absolute Gasteiger partial charge is 0.464 e. The number of hydrogen-bond donors (Lipinski definition) is 1. The van der Waals surface area contributed by atoms with Gasteiger partial charge < -0.3 is 9.73 Å². The smallest absolute Gasteiger partial charge is 0.138 e. The van der Waals surface area contributed by atoms with E-state index in [0.29, 0.717) is 0 Å². The minimum Gasteiger partial charge on any atom is -0.464 e. The first kappa shape index (κ1) is 13.8. The van der Waals surface area contributed by atoms with Gasteiger partial charge in [0.25, 0.3) is 0 Å². The van der Waals surface area contributed by atoms with Crippen molar-refractivity contribution in [3.05, 3.63) is 35.8 Å². The van der Waals surface area contributed by atoms with E-state index in [4.69, 9.17) is 4.42 Å². The summed E-state index contributed by atoms with van der Waals surface area (Å²) in [4.78, 5) is 4.35. The van der Waals surface area contributed by atoms with Crippen molar-refractivity contribution in [3.8, 4) is 0 Å². The van der Waals surface area contributed by atoms with Crippen molar-refractivity contribution in [2.24, 2.45) is 0 Å². The Labute approximate surface area is 114 Å². The van der Waals surface area contributed by atoms with Crippen LogP contribution < -0.4 is 5.32 Å². The van der Waals surface area contributed by atoms with E-state index in [1.807, 2.05) is 23.9 Å². The molecule has 2 aromatic rings. The van der Waals surface area contributed by atoms with E-state index < -0.39 is 0 Å². The lowest BCUT2D eigenvalue weighted by Gasteiger charge is -2.13. The van der Waals surface area contributed by atoms with Gasteiger partial charge in [0.1, 0.15) is 23.7 Å². The van der Waals surface area contributed by atoms with Crippen LogP contribution in [0.15, 0.2) is 22.9 Å². The lowest BCUT2D eigenvalue weighted by molar-refractivity contribution is 0.397. The van der Waals surface area contributed by atoms with Gasteiger partial charge in [-0.25, -0.2) is 4.98 Å². The van der Waals surface area contributed by atoms with E-state index in [1.54, 1.807) is 6.33 Å². The number of hydrogen-bond acceptors (Lipinski definition) is 4. The van der Waals surface area contributed by atoms with Crippen LogP contribution in [-0.4, -0.2) is 21.8 Å². The number of nitrogens with zero attached hydrogens (tertiary/aromatic N) is 3. The molecule has 2 heterocycles. The van der Waals surface area contributed by atoms with Crippen molar-refractivity contribution in [1.29, 1.82) is 0 Å². The van der Waals surface area contributed by atoms with Gasteiger partial charge in [-0.2, -0.15) is 5.10 Å². The minimum atomic E-state index is 0.139. The summed E-state index contributed by atoms with van der Waals surface area (Å²) in [5.41, 5.74) is 0. The highest BCUT2D eigenvalue weighted by Crippen LogP contribution is 2.20. The molecule has 5 heteroatoms. The van der Waals surface area contributed by atoms with E-state index >= 15 is 0 Å². The van der Waals surface area contributed by atoms with Crippen LogP contribution in [-0.2, 0) is 19.4 Å². The van der Waals surface area contributed by atoms with Gasteiger partial charge in [-0.3, -0.25) is 4.68 Å². The van der Waals surface area contributed by atoms with Crippen LogP contribution in [0.4, 0.5) is 0 Å². The fraction of sp³-hybridized carbons (Fsp3) is 0.571. The third kappa shape index (κ3) is 3.23. The summed E-state index contributed by atoms with van der Waals surface area (Å²) in [7, 11) is 1.94. The highest BCUT2D eigenvalue weighted by molar-refractivity contribution is 5.12. The fourth-order valence-corrected chi connectivity index (χ4v) is 2.14. The van der Waals surface area contributed by atoms with Crippen LogP contribution in [0.2, 0.25) is 0 Å². The standard InChI is InChI=1S/C14H22N4O/c1-4-8-18-14(16-10-17-18)9-12(15-3)13-7-6-11(5-2)19-13/h6-7,10,12,15H,4-5,8-9H2,1-3H3. The molecular formula is C14H22N4O. The van der Waals surface area contributed by atoms with Crippen LogP contribution in [0.25, 0.3) is 0 Å². The average molecular weight is 262 g/mol. The number of aryl methyl sites for hydroxylation is 2. The van der Waals surface area contributed by atoms with E-state index in [-0.39, 0.29) is 6.04 Å². The van der Waals surface area contributed by atoms with Crippen LogP contribution in [0, 0.1) is 0 Å². The highest BCUT2D eigenvalue weighted by atomic mass is 16.3. The Morgan fingerprint density at radius 3 is 2.84 bits per heavy atom. The van der Waals surface area contributed by atoms with Gasteiger partial charge >= 0.3 is 0 Å². The Morgan fingerprint density at radius 2 is 2.21 bits per heavy atom. The number of nitrogens with one attached hydrogen (secondary N) is 1. The van der Waals surface area contributed by atoms with E-state index in [0.717, 1.165) is 43.2 Å². The third-order valence-electron chi connectivity index (χ3n) is 3.24. The van der Waals surface area contributed by atoms with Gasteiger partial charge in [0.2, 0.25) is 0 Å². The molecule has 0 aliphatic carbocycles. The number of rotatable bonds is 7. The van der Waals surface area contributed by atoms with E-state index in [1.165, 1.54) is 0 Å². The molecule has 19 heavy (non-hydrogen) atoms. The molecule has 1 N–H and O–H groups in total. The molecule has 2 rings (SSSR count). The van der Waals surface area contributed by atoms with Crippen molar-refractivity contribution in [2.75, 3.05) is 7.05 Å². The summed E-state index contributed by atoms with van der Waals surface area (Å²) < 4.78 is 7.78. The molecule has 0 aromatic carbocycles. The van der Waals surface area contributed by atoms with Gasteiger partial charge in [0.15, 0.2) is 0 Å². The number of likely N-dealkylation sites (N-methyl/N-ethyl adjacent to an activating group) is 1. The zero-order valence-corrected chi connectivity index (χ0v) is 11.9. The Balaban J connectivity index is 2.12. The summed E-state index contributed by atoms with van der Waals surface area (Å²) >= 11 is 0. The molecule has 104 valence electrons. The van der Waals surface area contributed by atoms with Gasteiger partial charge in [-0.05, 0) is 25.6 Å². The summed E-state index contributed by atoms with van der Waals surface area (Å²) in [6.45, 7) is 5.14. The molecule has 1 atom stereocenters. The normalized spacial score (nSPS) is 12.8. The average Bonchev–Trinajstić information content (AvgIpc) is 3.05. The third-order valence-corrected chi connectivity index (χ3v) is 3.24. The maximum Gasteiger partial charge on any atom is 0.138 e. The molecule has 2 aromatic heterocycles. The van der Waals surface area contributed by atoms with Crippen molar-refractivity contribution in [2.45, 2.75) is 45.7 Å². The lowest BCUT2D eigenvalue weighted by Crippen LogP contribution is -2.20. The Hall–Kier alpha value is -1.62. The number of furan rings is 1. The maximum atomic E-state index is 5.81. The van der Waals surface area contributed by atoms with E-state index in [2.05, 4.69) is 29.2 Å². The van der Waals surface area contributed by atoms with Crippen molar-refractivity contribution in [3.63, 3.8) is 0 Å². The molecule has 0 saturated carbocycles. The number of aromatic nitrogens is 3. The molecule has 0 amide bonds. The Bertz CT molecular complexity index is 503. The quantitative estimate of drug-likeness (QED) is 0.832. The van der Waals surface area contributed by atoms with Gasteiger partial charge in [-0.1, -0.05) is 13.8 Å². The van der Waals surface area contributed by atoms with Crippen LogP contribution >= 0.6 is 0 Å². The molecule has 5 nitrogen and oxygen atoms in total. The maximum absolute atomic E-state index is 5.81. The topological polar surface area (TPSA) is 55.9 Å². The summed E-state index contributed by atoms with van der Waals surface area (Å²) in [6.07, 6.45) is 4.38. The first-order valence-electron chi connectivity index (χ1n) is 6.91. The summed E-state index contributed by atoms with van der Waals surface area (Å²) in [5.74, 6) is 2.98. The van der Waals surface area contributed by atoms with Crippen molar-refractivity contribution >= 4 is 0 Å². The SMILES string of the molecule is CCCn1ncnc1CC(NC)c1ccc(CC)o1. The molecular weight excluding hydrogens is 240 g/mol. The molecule has 1 unspecified atom stereocenters. The van der Waals surface area contributed by atoms with Crippen LogP contribution in [0.5, 0.6) is 0 Å². The second-order valence-corrected chi connectivity index (χ2v) is 4.60. The van der Waals surface area contributed by atoms with Gasteiger partial charge in [0.05, 0.1) is 6.04 Å². The summed E-state index contributed by atoms with van der Waals surface area (Å²) in [5, 5.41) is 7.54. The van der Waals surface area contributed by atoms with Gasteiger partial charge in [-0.15, -0.1) is 0 Å². The molecule has 0 aliphatic rings. The predicted molar refractivity (Wildman–Crippen MR) is 73.9 cm³/mol. The molecule has 0 fully saturated rings. The predicted octanol–water partition coefficient (Wildman–Crippen LogP) is 2.35.